The first-order valence-electron chi connectivity index (χ1n) is 22.1. The van der Waals surface area contributed by atoms with E-state index in [9.17, 15) is 0 Å². The standard InChI is InChI=1S/C42H90O11Si2/c1-43-39-40-53-38-28-20-14-13-19-27-35-52-37-30-22-21-29-36-51-34-26-18-12-11-17-25-33-50-32-24-16-10-8-9-15-23-31-42(55(47-5,48-6)49-7)41-54(44-2,45-3)46-4/h42H,8-41H2,1-7H3. The van der Waals surface area contributed by atoms with E-state index < -0.39 is 17.6 Å². The molecule has 13 heteroatoms. The van der Waals surface area contributed by atoms with Gasteiger partial charge in [0.15, 0.2) is 0 Å². The largest absolute Gasteiger partial charge is 0.503 e. The Hall–Kier alpha value is -0.00623. The quantitative estimate of drug-likeness (QED) is 0.0433. The third-order valence-corrected chi connectivity index (χ3v) is 17.0. The van der Waals surface area contributed by atoms with Crippen LogP contribution < -0.4 is 0 Å². The minimum atomic E-state index is -2.86. The Labute approximate surface area is 341 Å². The fourth-order valence-corrected chi connectivity index (χ4v) is 12.6. The molecule has 0 N–H and O–H groups in total. The van der Waals surface area contributed by atoms with Crippen LogP contribution in [0.15, 0.2) is 0 Å². The molecule has 0 spiro atoms. The molecule has 0 aromatic rings. The molecule has 0 aliphatic heterocycles. The van der Waals surface area contributed by atoms with Gasteiger partial charge >= 0.3 is 17.6 Å². The van der Waals surface area contributed by atoms with E-state index in [2.05, 4.69) is 0 Å². The number of unbranched alkanes of at least 4 members (excludes halogenated alkanes) is 19. The summed E-state index contributed by atoms with van der Waals surface area (Å²) in [5, 5.41) is 0. The smallest absolute Gasteiger partial charge is 0.382 e. The fraction of sp³-hybridized carbons (Fsp3) is 1.00. The van der Waals surface area contributed by atoms with Gasteiger partial charge in [-0.15, -0.1) is 0 Å². The van der Waals surface area contributed by atoms with E-state index in [-0.39, 0.29) is 5.54 Å². The third kappa shape index (κ3) is 31.6. The minimum absolute atomic E-state index is 0.0581. The van der Waals surface area contributed by atoms with E-state index in [4.69, 9.17) is 50.2 Å². The third-order valence-electron chi connectivity index (χ3n) is 10.5. The SMILES string of the molecule is COCCOCCCCCCCCOCCCCCCOCCCCCCCCOCCCCCCCCCC(C[Si](OC)(OC)OC)[Si](OC)(OC)OC. The minimum Gasteiger partial charge on any atom is -0.382 e. The molecule has 0 aliphatic carbocycles. The molecule has 0 aromatic heterocycles. The molecule has 11 nitrogen and oxygen atoms in total. The predicted molar refractivity (Wildman–Crippen MR) is 228 cm³/mol. The van der Waals surface area contributed by atoms with Gasteiger partial charge in [0, 0.05) is 108 Å². The zero-order chi connectivity index (χ0) is 40.4. The highest BCUT2D eigenvalue weighted by Gasteiger charge is 2.53. The molecule has 0 aliphatic rings. The van der Waals surface area contributed by atoms with Crippen molar-refractivity contribution in [2.45, 2.75) is 166 Å². The molecule has 0 heterocycles. The predicted octanol–water partition coefficient (Wildman–Crippen LogP) is 10.2. The van der Waals surface area contributed by atoms with Crippen LogP contribution >= 0.6 is 0 Å². The Morgan fingerprint density at radius 2 is 0.564 bits per heavy atom. The summed E-state index contributed by atoms with van der Waals surface area (Å²) >= 11 is 0. The van der Waals surface area contributed by atoms with Gasteiger partial charge in [-0.25, -0.2) is 0 Å². The van der Waals surface area contributed by atoms with E-state index in [0.717, 1.165) is 71.9 Å². The number of methoxy groups -OCH3 is 1. The highest BCUT2D eigenvalue weighted by molar-refractivity contribution is 6.67. The van der Waals surface area contributed by atoms with Crippen molar-refractivity contribution in [3.05, 3.63) is 0 Å². The summed E-state index contributed by atoms with van der Waals surface area (Å²) in [4.78, 5) is 0. The lowest BCUT2D eigenvalue weighted by Gasteiger charge is -2.36. The molecular formula is C42H90O11Si2. The number of hydrogen-bond donors (Lipinski definition) is 0. The van der Waals surface area contributed by atoms with E-state index in [0.29, 0.717) is 19.3 Å². The lowest BCUT2D eigenvalue weighted by Crippen LogP contribution is -2.53. The maximum absolute atomic E-state index is 5.90. The van der Waals surface area contributed by atoms with Crippen LogP contribution in [0.1, 0.15) is 154 Å². The van der Waals surface area contributed by atoms with Crippen LogP contribution in [0.25, 0.3) is 0 Å². The van der Waals surface area contributed by atoms with Crippen molar-refractivity contribution in [2.75, 3.05) is 109 Å². The maximum atomic E-state index is 5.90. The average molecular weight is 827 g/mol. The first-order valence-corrected chi connectivity index (χ1v) is 25.9. The van der Waals surface area contributed by atoms with Crippen LogP contribution in [0.5, 0.6) is 0 Å². The molecule has 0 bridgehead atoms. The van der Waals surface area contributed by atoms with Gasteiger partial charge in [0.1, 0.15) is 0 Å². The molecule has 0 fully saturated rings. The average Bonchev–Trinajstić information content (AvgIpc) is 3.21. The Bertz CT molecular complexity index is 732. The molecule has 1 unspecified atom stereocenters. The lowest BCUT2D eigenvalue weighted by molar-refractivity contribution is 0.0685. The van der Waals surface area contributed by atoms with E-state index in [1.54, 1.807) is 49.8 Å². The zero-order valence-electron chi connectivity index (χ0n) is 37.1. The first-order chi connectivity index (χ1) is 27.0. The molecule has 55 heavy (non-hydrogen) atoms. The molecular weight excluding hydrogens is 737 g/mol. The van der Waals surface area contributed by atoms with Crippen molar-refractivity contribution in [1.82, 2.24) is 0 Å². The van der Waals surface area contributed by atoms with Crippen molar-refractivity contribution in [3.8, 4) is 0 Å². The summed E-state index contributed by atoms with van der Waals surface area (Å²) in [7, 11) is 6.00. The Morgan fingerprint density at radius 1 is 0.291 bits per heavy atom. The molecule has 0 amide bonds. The monoisotopic (exact) mass is 827 g/mol. The Morgan fingerprint density at radius 3 is 0.836 bits per heavy atom. The van der Waals surface area contributed by atoms with E-state index >= 15 is 0 Å². The van der Waals surface area contributed by atoms with Gasteiger partial charge in [-0.2, -0.15) is 0 Å². The van der Waals surface area contributed by atoms with E-state index in [1.807, 2.05) is 0 Å². The van der Waals surface area contributed by atoms with Gasteiger partial charge in [-0.3, -0.25) is 0 Å². The molecule has 0 saturated carbocycles. The second-order valence-electron chi connectivity index (χ2n) is 14.8. The first kappa shape index (κ1) is 55.0. The van der Waals surface area contributed by atoms with Gasteiger partial charge in [-0.05, 0) is 51.4 Å². The van der Waals surface area contributed by atoms with E-state index in [1.165, 1.54) is 128 Å². The van der Waals surface area contributed by atoms with Crippen molar-refractivity contribution in [2.24, 2.45) is 0 Å². The fourth-order valence-electron chi connectivity index (χ4n) is 6.98. The normalized spacial score (nSPS) is 12.9. The summed E-state index contributed by atoms with van der Waals surface area (Å²) < 4.78 is 62.7. The van der Waals surface area contributed by atoms with Gasteiger partial charge < -0.3 is 50.2 Å². The van der Waals surface area contributed by atoms with Crippen molar-refractivity contribution >= 4 is 17.6 Å². The summed E-state index contributed by atoms with van der Waals surface area (Å²) in [6.07, 6.45) is 29.2. The van der Waals surface area contributed by atoms with Gasteiger partial charge in [0.05, 0.1) is 13.2 Å². The Balaban J connectivity index is 3.45. The topological polar surface area (TPSA) is 102 Å². The van der Waals surface area contributed by atoms with Crippen molar-refractivity contribution in [1.29, 1.82) is 0 Å². The van der Waals surface area contributed by atoms with Crippen LogP contribution in [0.4, 0.5) is 0 Å². The van der Waals surface area contributed by atoms with Crippen molar-refractivity contribution in [3.63, 3.8) is 0 Å². The summed E-state index contributed by atoms with van der Waals surface area (Å²) in [6, 6.07) is 0.613. The summed E-state index contributed by atoms with van der Waals surface area (Å²) in [6.45, 7) is 7.70. The van der Waals surface area contributed by atoms with Crippen LogP contribution in [0, 0.1) is 0 Å². The van der Waals surface area contributed by atoms with Gasteiger partial charge in [0.2, 0.25) is 0 Å². The molecule has 1 atom stereocenters. The van der Waals surface area contributed by atoms with Crippen molar-refractivity contribution < 1.29 is 50.2 Å². The molecule has 0 saturated heterocycles. The lowest BCUT2D eigenvalue weighted by atomic mass is 10.1. The highest BCUT2D eigenvalue weighted by Crippen LogP contribution is 2.38. The highest BCUT2D eigenvalue weighted by atomic mass is 28.4. The molecule has 332 valence electrons. The van der Waals surface area contributed by atoms with Gasteiger partial charge in [-0.1, -0.05) is 103 Å². The molecule has 0 aromatic carbocycles. The molecule has 0 rings (SSSR count). The van der Waals surface area contributed by atoms with Crippen LogP contribution in [0.3, 0.4) is 0 Å². The van der Waals surface area contributed by atoms with Crippen LogP contribution in [-0.4, -0.2) is 127 Å². The molecule has 0 radical (unpaired) electrons. The van der Waals surface area contributed by atoms with Gasteiger partial charge in [0.25, 0.3) is 0 Å². The summed E-state index contributed by atoms with van der Waals surface area (Å²) in [5.74, 6) is 0. The second-order valence-corrected chi connectivity index (χ2v) is 21.0. The number of hydrogen-bond acceptors (Lipinski definition) is 11. The number of rotatable bonds is 47. The number of ether oxygens (including phenoxy) is 5. The van der Waals surface area contributed by atoms with Crippen LogP contribution in [-0.2, 0) is 50.2 Å². The summed E-state index contributed by atoms with van der Waals surface area (Å²) in [5.41, 5.74) is 0.0581. The van der Waals surface area contributed by atoms with Crippen LogP contribution in [0.2, 0.25) is 11.6 Å². The maximum Gasteiger partial charge on any atom is 0.503 e. The second kappa shape index (κ2) is 42.1. The Kier molecular flexibility index (Phi) is 42.1. The zero-order valence-corrected chi connectivity index (χ0v) is 39.1.